The zero-order valence-electron chi connectivity index (χ0n) is 15.2. The van der Waals surface area contributed by atoms with Gasteiger partial charge in [-0.3, -0.25) is 4.79 Å². The van der Waals surface area contributed by atoms with E-state index in [0.29, 0.717) is 12.1 Å². The normalized spacial score (nSPS) is 11.2. The molecule has 150 valence electrons. The molecule has 3 aromatic carbocycles. The summed E-state index contributed by atoms with van der Waals surface area (Å²) < 4.78 is 40.1. The lowest BCUT2D eigenvalue weighted by Gasteiger charge is -2.09. The van der Waals surface area contributed by atoms with Crippen LogP contribution in [-0.2, 0) is 23.1 Å². The van der Waals surface area contributed by atoms with Gasteiger partial charge in [0.05, 0.1) is 5.02 Å². The lowest BCUT2D eigenvalue weighted by atomic mass is 10.1. The number of amides is 1. The molecule has 0 bridgehead atoms. The second-order valence-electron chi connectivity index (χ2n) is 6.26. The monoisotopic (exact) mass is 432 g/mol. The molecule has 0 saturated heterocycles. The summed E-state index contributed by atoms with van der Waals surface area (Å²) in [7, 11) is -3.72. The predicted molar refractivity (Wildman–Crippen MR) is 109 cm³/mol. The molecule has 5 nitrogen and oxygen atoms in total. The maximum atomic E-state index is 12.9. The number of nitrogens with one attached hydrogen (secondary N) is 2. The van der Waals surface area contributed by atoms with Crippen LogP contribution < -0.4 is 10.0 Å². The number of hydrogen-bond acceptors (Lipinski definition) is 3. The second-order valence-corrected chi connectivity index (χ2v) is 8.40. The van der Waals surface area contributed by atoms with E-state index in [4.69, 9.17) is 11.6 Å². The number of hydrogen-bond donors (Lipinski definition) is 2. The highest BCUT2D eigenvalue weighted by molar-refractivity contribution is 7.89. The molecule has 29 heavy (non-hydrogen) atoms. The van der Waals surface area contributed by atoms with Crippen molar-refractivity contribution in [2.45, 2.75) is 18.0 Å². The van der Waals surface area contributed by atoms with Crippen LogP contribution in [0.2, 0.25) is 5.02 Å². The molecule has 0 aliphatic rings. The van der Waals surface area contributed by atoms with Crippen LogP contribution >= 0.6 is 11.6 Å². The smallest absolute Gasteiger partial charge is 0.251 e. The fourth-order valence-corrected chi connectivity index (χ4v) is 4.11. The Morgan fingerprint density at radius 3 is 2.07 bits per heavy atom. The first-order valence-corrected chi connectivity index (χ1v) is 10.6. The molecule has 0 heterocycles. The number of carbonyl (C=O) groups is 1. The van der Waals surface area contributed by atoms with Gasteiger partial charge in [0.15, 0.2) is 0 Å². The molecule has 0 aliphatic heterocycles. The fourth-order valence-electron chi connectivity index (χ4n) is 2.58. The molecule has 1 amide bonds. The number of sulfonamides is 1. The molecule has 0 unspecified atom stereocenters. The van der Waals surface area contributed by atoms with Gasteiger partial charge >= 0.3 is 0 Å². The molecule has 0 saturated carbocycles. The minimum Gasteiger partial charge on any atom is -0.348 e. The van der Waals surface area contributed by atoms with E-state index in [9.17, 15) is 17.6 Å². The number of rotatable bonds is 7. The highest BCUT2D eigenvalue weighted by atomic mass is 35.5. The molecule has 8 heteroatoms. The summed E-state index contributed by atoms with van der Waals surface area (Å²) in [5.74, 6) is -0.705. The van der Waals surface area contributed by atoms with Gasteiger partial charge in [-0.1, -0.05) is 48.0 Å². The maximum Gasteiger partial charge on any atom is 0.251 e. The van der Waals surface area contributed by atoms with E-state index >= 15 is 0 Å². The Kier molecular flexibility index (Phi) is 6.64. The minimum absolute atomic E-state index is 0.0294. The molecule has 2 N–H and O–H groups in total. The Morgan fingerprint density at radius 2 is 1.45 bits per heavy atom. The average molecular weight is 433 g/mol. The van der Waals surface area contributed by atoms with Gasteiger partial charge < -0.3 is 5.32 Å². The summed E-state index contributed by atoms with van der Waals surface area (Å²) in [5.41, 5.74) is 1.98. The van der Waals surface area contributed by atoms with Gasteiger partial charge in [0.2, 0.25) is 10.0 Å². The van der Waals surface area contributed by atoms with Crippen molar-refractivity contribution in [1.82, 2.24) is 10.0 Å². The fraction of sp³-hybridized carbons (Fsp3) is 0.0952. The summed E-state index contributed by atoms with van der Waals surface area (Å²) in [6.07, 6.45) is 0. The first-order valence-electron chi connectivity index (χ1n) is 8.71. The topological polar surface area (TPSA) is 75.3 Å². The van der Waals surface area contributed by atoms with Gasteiger partial charge in [-0.25, -0.2) is 17.5 Å². The summed E-state index contributed by atoms with van der Waals surface area (Å²) in [4.78, 5) is 12.1. The van der Waals surface area contributed by atoms with E-state index in [2.05, 4.69) is 10.0 Å². The van der Waals surface area contributed by atoms with Crippen molar-refractivity contribution in [3.63, 3.8) is 0 Å². The van der Waals surface area contributed by atoms with Crippen LogP contribution in [0.3, 0.4) is 0 Å². The lowest BCUT2D eigenvalue weighted by molar-refractivity contribution is 0.0951. The van der Waals surface area contributed by atoms with Gasteiger partial charge in [0, 0.05) is 18.7 Å². The van der Waals surface area contributed by atoms with Crippen LogP contribution in [-0.4, -0.2) is 14.3 Å². The molecule has 0 aromatic heterocycles. The van der Waals surface area contributed by atoms with Gasteiger partial charge in [0.25, 0.3) is 5.91 Å². The first-order chi connectivity index (χ1) is 13.8. The summed E-state index contributed by atoms with van der Waals surface area (Å²) >= 11 is 5.95. The molecule has 3 rings (SSSR count). The zero-order valence-corrected chi connectivity index (χ0v) is 16.8. The predicted octanol–water partition coefficient (Wildman–Crippen LogP) is 3.89. The molecular weight excluding hydrogens is 415 g/mol. The Morgan fingerprint density at radius 1 is 0.862 bits per heavy atom. The highest BCUT2D eigenvalue weighted by Gasteiger charge is 2.16. The third-order valence-corrected chi connectivity index (χ3v) is 6.08. The zero-order chi connectivity index (χ0) is 20.9. The Balaban J connectivity index is 1.55. The quantitative estimate of drug-likeness (QED) is 0.594. The highest BCUT2D eigenvalue weighted by Crippen LogP contribution is 2.20. The second kappa shape index (κ2) is 9.17. The molecular formula is C21H18ClFN2O3S. The number of carbonyl (C=O) groups excluding carboxylic acids is 1. The third-order valence-electron chi connectivity index (χ3n) is 4.17. The van der Waals surface area contributed by atoms with Gasteiger partial charge in [0.1, 0.15) is 10.7 Å². The van der Waals surface area contributed by atoms with Crippen LogP contribution in [0.25, 0.3) is 0 Å². The molecule has 0 spiro atoms. The third kappa shape index (κ3) is 5.63. The van der Waals surface area contributed by atoms with E-state index in [1.54, 1.807) is 36.4 Å². The molecule has 0 radical (unpaired) electrons. The van der Waals surface area contributed by atoms with Crippen molar-refractivity contribution in [3.8, 4) is 0 Å². The van der Waals surface area contributed by atoms with Crippen molar-refractivity contribution in [2.75, 3.05) is 0 Å². The van der Waals surface area contributed by atoms with E-state index in [1.807, 2.05) is 0 Å². The van der Waals surface area contributed by atoms with Crippen LogP contribution in [0.5, 0.6) is 0 Å². The van der Waals surface area contributed by atoms with Gasteiger partial charge in [-0.05, 0) is 47.5 Å². The Labute approximate surface area is 173 Å². The van der Waals surface area contributed by atoms with E-state index in [1.165, 1.54) is 36.4 Å². The molecule has 3 aromatic rings. The Bertz CT molecular complexity index is 1100. The van der Waals surface area contributed by atoms with Crippen molar-refractivity contribution >= 4 is 27.5 Å². The van der Waals surface area contributed by atoms with Crippen molar-refractivity contribution in [1.29, 1.82) is 0 Å². The van der Waals surface area contributed by atoms with Crippen molar-refractivity contribution in [3.05, 3.63) is 100 Å². The van der Waals surface area contributed by atoms with Gasteiger partial charge in [-0.15, -0.1) is 0 Å². The SMILES string of the molecule is O=C(NCc1ccc(CNS(=O)(=O)c2ccccc2Cl)cc1)c1ccc(F)cc1. The summed E-state index contributed by atoms with van der Waals surface area (Å²) in [6.45, 7) is 0.400. The standard InChI is InChI=1S/C21H18ClFN2O3S/c22-19-3-1-2-4-20(19)29(27,28)25-14-16-7-5-15(6-8-16)13-24-21(26)17-9-11-18(23)12-10-17/h1-12,25H,13-14H2,(H,24,26). The molecule has 0 aliphatic carbocycles. The maximum absolute atomic E-state index is 12.9. The first kappa shape index (κ1) is 21.0. The average Bonchev–Trinajstić information content (AvgIpc) is 2.72. The van der Waals surface area contributed by atoms with Crippen molar-refractivity contribution < 1.29 is 17.6 Å². The largest absolute Gasteiger partial charge is 0.348 e. The Hall–Kier alpha value is -2.74. The molecule has 0 atom stereocenters. The van der Waals surface area contributed by atoms with Crippen LogP contribution in [0, 0.1) is 5.82 Å². The molecule has 0 fully saturated rings. The van der Waals surface area contributed by atoms with E-state index < -0.39 is 15.8 Å². The van der Waals surface area contributed by atoms with Gasteiger partial charge in [-0.2, -0.15) is 0 Å². The van der Waals surface area contributed by atoms with Crippen molar-refractivity contribution in [2.24, 2.45) is 0 Å². The van der Waals surface area contributed by atoms with E-state index in [-0.39, 0.29) is 22.4 Å². The van der Waals surface area contributed by atoms with Crippen LogP contribution in [0.15, 0.2) is 77.7 Å². The summed E-state index contributed by atoms with van der Waals surface area (Å²) in [5, 5.41) is 2.91. The van der Waals surface area contributed by atoms with Crippen LogP contribution in [0.1, 0.15) is 21.5 Å². The number of benzene rings is 3. The summed E-state index contributed by atoms with van der Waals surface area (Å²) in [6, 6.07) is 18.7. The van der Waals surface area contributed by atoms with Crippen LogP contribution in [0.4, 0.5) is 4.39 Å². The lowest BCUT2D eigenvalue weighted by Crippen LogP contribution is -2.24. The minimum atomic E-state index is -3.72. The number of halogens is 2. The van der Waals surface area contributed by atoms with E-state index in [0.717, 1.165) is 11.1 Å².